The van der Waals surface area contributed by atoms with Gasteiger partial charge >= 0.3 is 0 Å². The molecule has 0 aliphatic carbocycles. The molecule has 2 aromatic carbocycles. The van der Waals surface area contributed by atoms with E-state index in [1.54, 1.807) is 36.4 Å². The van der Waals surface area contributed by atoms with Gasteiger partial charge in [-0.25, -0.2) is 5.43 Å². The van der Waals surface area contributed by atoms with Crippen LogP contribution in [0, 0.1) is 18.3 Å². The molecule has 3 rings (SSSR count). The van der Waals surface area contributed by atoms with E-state index in [9.17, 15) is 4.79 Å². The SMILES string of the molecule is Cc1cccc(C(=O)N/N=C\c2ccc(-c3ccccc3C#N)o2)c1. The van der Waals surface area contributed by atoms with E-state index >= 15 is 0 Å². The highest BCUT2D eigenvalue weighted by atomic mass is 16.3. The number of nitrogens with one attached hydrogen (secondary N) is 1. The summed E-state index contributed by atoms with van der Waals surface area (Å²) in [4.78, 5) is 12.0. The Balaban J connectivity index is 1.70. The van der Waals surface area contributed by atoms with Crippen LogP contribution in [0.25, 0.3) is 11.3 Å². The lowest BCUT2D eigenvalue weighted by molar-refractivity contribution is 0.0955. The van der Waals surface area contributed by atoms with Crippen LogP contribution in [0.15, 0.2) is 70.2 Å². The van der Waals surface area contributed by atoms with Crippen molar-refractivity contribution in [3.63, 3.8) is 0 Å². The molecule has 0 saturated heterocycles. The number of aryl methyl sites for hydroxylation is 1. The first-order chi connectivity index (χ1) is 12.2. The van der Waals surface area contributed by atoms with Crippen LogP contribution >= 0.6 is 0 Å². The van der Waals surface area contributed by atoms with Gasteiger partial charge in [0.25, 0.3) is 5.91 Å². The molecule has 0 unspecified atom stereocenters. The van der Waals surface area contributed by atoms with Crippen molar-refractivity contribution in [2.75, 3.05) is 0 Å². The van der Waals surface area contributed by atoms with Gasteiger partial charge in [0.2, 0.25) is 0 Å². The van der Waals surface area contributed by atoms with Crippen molar-refractivity contribution in [3.8, 4) is 17.4 Å². The third kappa shape index (κ3) is 3.82. The quantitative estimate of drug-likeness (QED) is 0.582. The Morgan fingerprint density at radius 1 is 1.16 bits per heavy atom. The second-order valence-electron chi connectivity index (χ2n) is 5.43. The number of amides is 1. The average molecular weight is 329 g/mol. The van der Waals surface area contributed by atoms with Crippen molar-refractivity contribution >= 4 is 12.1 Å². The van der Waals surface area contributed by atoms with Crippen molar-refractivity contribution in [2.45, 2.75) is 6.92 Å². The number of hydrazone groups is 1. The van der Waals surface area contributed by atoms with E-state index in [-0.39, 0.29) is 5.91 Å². The van der Waals surface area contributed by atoms with Gasteiger partial charge < -0.3 is 4.42 Å². The summed E-state index contributed by atoms with van der Waals surface area (Å²) >= 11 is 0. The molecule has 1 heterocycles. The number of carbonyl (C=O) groups is 1. The molecule has 0 aliphatic heterocycles. The normalized spacial score (nSPS) is 10.6. The maximum absolute atomic E-state index is 12.0. The summed E-state index contributed by atoms with van der Waals surface area (Å²) in [6, 6.07) is 20.1. The van der Waals surface area contributed by atoms with Crippen LogP contribution in [-0.4, -0.2) is 12.1 Å². The van der Waals surface area contributed by atoms with Crippen LogP contribution in [0.2, 0.25) is 0 Å². The Morgan fingerprint density at radius 3 is 2.80 bits per heavy atom. The van der Waals surface area contributed by atoms with Crippen molar-refractivity contribution in [2.24, 2.45) is 5.10 Å². The minimum absolute atomic E-state index is 0.290. The summed E-state index contributed by atoms with van der Waals surface area (Å²) in [5, 5.41) is 13.1. The van der Waals surface area contributed by atoms with Crippen molar-refractivity contribution < 1.29 is 9.21 Å². The van der Waals surface area contributed by atoms with E-state index in [2.05, 4.69) is 16.6 Å². The fourth-order valence-electron chi connectivity index (χ4n) is 2.37. The van der Waals surface area contributed by atoms with Crippen molar-refractivity contribution in [1.29, 1.82) is 5.26 Å². The van der Waals surface area contributed by atoms with Crippen LogP contribution in [-0.2, 0) is 0 Å². The topological polar surface area (TPSA) is 78.4 Å². The van der Waals surface area contributed by atoms with Crippen molar-refractivity contribution in [3.05, 3.63) is 83.1 Å². The van der Waals surface area contributed by atoms with Gasteiger partial charge in [0.1, 0.15) is 11.5 Å². The largest absolute Gasteiger partial charge is 0.455 e. The number of furan rings is 1. The van der Waals surface area contributed by atoms with Crippen LogP contribution in [0.1, 0.15) is 27.2 Å². The molecular weight excluding hydrogens is 314 g/mol. The Labute approximate surface area is 145 Å². The van der Waals surface area contributed by atoms with Gasteiger partial charge in [-0.2, -0.15) is 10.4 Å². The second-order valence-corrected chi connectivity index (χ2v) is 5.43. The Bertz CT molecular complexity index is 980. The molecule has 0 saturated carbocycles. The molecule has 122 valence electrons. The lowest BCUT2D eigenvalue weighted by Gasteiger charge is -2.00. The zero-order chi connectivity index (χ0) is 17.6. The molecule has 0 bridgehead atoms. The minimum Gasteiger partial charge on any atom is -0.455 e. The number of nitrogens with zero attached hydrogens (tertiary/aromatic N) is 2. The second kappa shape index (κ2) is 7.28. The molecule has 25 heavy (non-hydrogen) atoms. The summed E-state index contributed by atoms with van der Waals surface area (Å²) in [6.45, 7) is 1.92. The summed E-state index contributed by atoms with van der Waals surface area (Å²) in [6.07, 6.45) is 1.42. The van der Waals surface area contributed by atoms with Gasteiger partial charge in [-0.1, -0.05) is 29.8 Å². The first-order valence-electron chi connectivity index (χ1n) is 7.67. The lowest BCUT2D eigenvalue weighted by Crippen LogP contribution is -2.17. The first-order valence-corrected chi connectivity index (χ1v) is 7.67. The van der Waals surface area contributed by atoms with Gasteiger partial charge in [-0.3, -0.25) is 4.79 Å². The van der Waals surface area contributed by atoms with E-state index in [1.165, 1.54) is 6.21 Å². The van der Waals surface area contributed by atoms with Crippen LogP contribution in [0.3, 0.4) is 0 Å². The molecule has 0 aliphatic rings. The van der Waals surface area contributed by atoms with E-state index in [4.69, 9.17) is 9.68 Å². The smallest absolute Gasteiger partial charge is 0.271 e. The number of hydrogen-bond acceptors (Lipinski definition) is 4. The monoisotopic (exact) mass is 329 g/mol. The zero-order valence-electron chi connectivity index (χ0n) is 13.6. The highest BCUT2D eigenvalue weighted by molar-refractivity contribution is 5.94. The maximum Gasteiger partial charge on any atom is 0.271 e. The third-order valence-electron chi connectivity index (χ3n) is 3.58. The number of benzene rings is 2. The summed E-state index contributed by atoms with van der Waals surface area (Å²) in [5.74, 6) is 0.762. The first kappa shape index (κ1) is 16.2. The molecule has 1 amide bonds. The van der Waals surface area contributed by atoms with Gasteiger partial charge in [0.05, 0.1) is 17.8 Å². The molecule has 5 heteroatoms. The minimum atomic E-state index is -0.290. The molecular formula is C20H15N3O2. The molecule has 0 spiro atoms. The van der Waals surface area contributed by atoms with E-state index < -0.39 is 0 Å². The van der Waals surface area contributed by atoms with E-state index in [1.807, 2.05) is 31.2 Å². The molecule has 1 N–H and O–H groups in total. The lowest BCUT2D eigenvalue weighted by atomic mass is 10.1. The molecule has 1 aromatic heterocycles. The molecule has 3 aromatic rings. The maximum atomic E-state index is 12.0. The Hall–Kier alpha value is -3.65. The van der Waals surface area contributed by atoms with Crippen LogP contribution < -0.4 is 5.43 Å². The summed E-state index contributed by atoms with van der Waals surface area (Å²) in [7, 11) is 0. The van der Waals surface area contributed by atoms with Gasteiger partial charge in [-0.15, -0.1) is 0 Å². The van der Waals surface area contributed by atoms with E-state index in [0.717, 1.165) is 5.56 Å². The number of rotatable bonds is 4. The predicted molar refractivity (Wildman–Crippen MR) is 95.1 cm³/mol. The molecule has 0 atom stereocenters. The molecule has 5 nitrogen and oxygen atoms in total. The summed E-state index contributed by atoms with van der Waals surface area (Å²) < 4.78 is 5.67. The predicted octanol–water partition coefficient (Wildman–Crippen LogP) is 3.89. The number of carbonyl (C=O) groups excluding carboxylic acids is 1. The Kier molecular flexibility index (Phi) is 4.72. The average Bonchev–Trinajstić information content (AvgIpc) is 3.10. The number of nitriles is 1. The Morgan fingerprint density at radius 2 is 2.00 bits per heavy atom. The van der Waals surface area contributed by atoms with Gasteiger partial charge in [0, 0.05) is 11.1 Å². The van der Waals surface area contributed by atoms with Gasteiger partial charge in [0.15, 0.2) is 0 Å². The standard InChI is InChI=1S/C20H15N3O2/c1-14-5-4-7-15(11-14)20(24)23-22-13-17-9-10-19(25-17)18-8-3-2-6-16(18)12-21/h2-11,13H,1H3,(H,23,24)/b22-13-. The molecule has 0 radical (unpaired) electrons. The fourth-order valence-corrected chi connectivity index (χ4v) is 2.37. The fraction of sp³-hybridized carbons (Fsp3) is 0.0500. The van der Waals surface area contributed by atoms with Crippen molar-refractivity contribution in [1.82, 2.24) is 5.43 Å². The van der Waals surface area contributed by atoms with Crippen LogP contribution in [0.5, 0.6) is 0 Å². The number of hydrogen-bond donors (Lipinski definition) is 1. The van der Waals surface area contributed by atoms with Crippen LogP contribution in [0.4, 0.5) is 0 Å². The zero-order valence-corrected chi connectivity index (χ0v) is 13.6. The van der Waals surface area contributed by atoms with E-state index in [0.29, 0.717) is 28.2 Å². The van der Waals surface area contributed by atoms with Gasteiger partial charge in [-0.05, 0) is 43.3 Å². The highest BCUT2D eigenvalue weighted by Crippen LogP contribution is 2.24. The molecule has 0 fully saturated rings. The highest BCUT2D eigenvalue weighted by Gasteiger charge is 2.08. The third-order valence-corrected chi connectivity index (χ3v) is 3.58. The summed E-state index contributed by atoms with van der Waals surface area (Å²) in [5.41, 5.74) is 5.26.